The molecule has 5 rings (SSSR count). The molecule has 13 heteroatoms. The first-order valence-electron chi connectivity index (χ1n) is 15.6. The molecule has 3 N–H and O–H groups in total. The molecule has 246 valence electrons. The number of hydrogen-bond acceptors (Lipinski definition) is 7. The lowest BCUT2D eigenvalue weighted by Gasteiger charge is -2.40. The van der Waals surface area contributed by atoms with Gasteiger partial charge in [-0.1, -0.05) is 29.8 Å². The number of nitrogens with one attached hydrogen (secondary N) is 3. The Balaban J connectivity index is 1.41. The molecule has 2 amide bonds. The van der Waals surface area contributed by atoms with E-state index >= 15 is 4.39 Å². The normalized spacial score (nSPS) is 22.8. The highest BCUT2D eigenvalue weighted by Crippen LogP contribution is 2.37. The van der Waals surface area contributed by atoms with Crippen LogP contribution in [0.25, 0.3) is 0 Å². The van der Waals surface area contributed by atoms with Gasteiger partial charge in [0.05, 0.1) is 12.4 Å². The van der Waals surface area contributed by atoms with Crippen LogP contribution in [0.5, 0.6) is 0 Å². The molecule has 3 aliphatic rings. The summed E-state index contributed by atoms with van der Waals surface area (Å²) in [7, 11) is -2.21. The van der Waals surface area contributed by atoms with Crippen molar-refractivity contribution in [1.82, 2.24) is 14.9 Å². The van der Waals surface area contributed by atoms with E-state index in [1.165, 1.54) is 19.2 Å². The zero-order valence-corrected chi connectivity index (χ0v) is 27.2. The number of sulfonamides is 1. The van der Waals surface area contributed by atoms with Gasteiger partial charge >= 0.3 is 6.09 Å². The molecule has 1 saturated carbocycles. The van der Waals surface area contributed by atoms with E-state index in [4.69, 9.17) is 21.1 Å². The zero-order valence-electron chi connectivity index (χ0n) is 25.6. The van der Waals surface area contributed by atoms with Crippen LogP contribution in [-0.4, -0.2) is 81.5 Å². The number of carbonyl (C=O) groups excluding carboxylic acids is 2. The van der Waals surface area contributed by atoms with Crippen molar-refractivity contribution in [3.8, 4) is 0 Å². The van der Waals surface area contributed by atoms with E-state index in [2.05, 4.69) is 16.0 Å². The van der Waals surface area contributed by atoms with Crippen molar-refractivity contribution in [2.75, 3.05) is 38.7 Å². The van der Waals surface area contributed by atoms with E-state index in [0.29, 0.717) is 63.4 Å². The van der Waals surface area contributed by atoms with Crippen molar-refractivity contribution in [2.24, 2.45) is 5.92 Å². The predicted octanol–water partition coefficient (Wildman–Crippen LogP) is 4.44. The van der Waals surface area contributed by atoms with Crippen LogP contribution >= 0.6 is 11.6 Å². The van der Waals surface area contributed by atoms with Gasteiger partial charge in [0, 0.05) is 60.6 Å². The summed E-state index contributed by atoms with van der Waals surface area (Å²) in [6.07, 6.45) is 2.50. The largest absolute Gasteiger partial charge is 0.453 e. The van der Waals surface area contributed by atoms with Crippen LogP contribution < -0.4 is 16.0 Å². The second kappa shape index (κ2) is 14.8. The van der Waals surface area contributed by atoms with Gasteiger partial charge in [0.1, 0.15) is 11.9 Å². The summed E-state index contributed by atoms with van der Waals surface area (Å²) in [5.74, 6) is -1.47. The minimum Gasteiger partial charge on any atom is -0.453 e. The molecule has 3 fully saturated rings. The van der Waals surface area contributed by atoms with Crippen LogP contribution in [0.1, 0.15) is 56.1 Å². The topological polar surface area (TPSA) is 126 Å². The summed E-state index contributed by atoms with van der Waals surface area (Å²) in [6.45, 7) is 3.96. The van der Waals surface area contributed by atoms with Crippen LogP contribution in [-0.2, 0) is 30.7 Å². The molecule has 0 radical (unpaired) electrons. The third-order valence-corrected chi connectivity index (χ3v) is 11.9. The number of anilines is 1. The van der Waals surface area contributed by atoms with Gasteiger partial charge in [-0.3, -0.25) is 4.79 Å². The van der Waals surface area contributed by atoms with Crippen LogP contribution in [0.15, 0.2) is 42.5 Å². The van der Waals surface area contributed by atoms with Crippen LogP contribution in [0.3, 0.4) is 0 Å². The molecule has 0 spiro atoms. The van der Waals surface area contributed by atoms with Gasteiger partial charge in [-0.15, -0.1) is 0 Å². The Labute approximate surface area is 269 Å². The number of amides is 2. The smallest absolute Gasteiger partial charge is 0.407 e. The highest BCUT2D eigenvalue weighted by molar-refractivity contribution is 7.90. The highest BCUT2D eigenvalue weighted by Gasteiger charge is 2.46. The van der Waals surface area contributed by atoms with E-state index in [9.17, 15) is 18.0 Å². The minimum absolute atomic E-state index is 0.00000193. The Morgan fingerprint density at radius 1 is 1.11 bits per heavy atom. The number of alkyl carbamates (subject to hydrolysis) is 1. The van der Waals surface area contributed by atoms with Gasteiger partial charge in [-0.25, -0.2) is 17.6 Å². The maximum atomic E-state index is 15.4. The maximum Gasteiger partial charge on any atom is 0.407 e. The molecule has 2 saturated heterocycles. The molecule has 10 nitrogen and oxygen atoms in total. The fourth-order valence-corrected chi connectivity index (χ4v) is 9.05. The van der Waals surface area contributed by atoms with E-state index in [1.807, 2.05) is 19.1 Å². The van der Waals surface area contributed by atoms with Crippen LogP contribution in [0.2, 0.25) is 5.02 Å². The predicted molar refractivity (Wildman–Crippen MR) is 170 cm³/mol. The molecule has 2 heterocycles. The van der Waals surface area contributed by atoms with Gasteiger partial charge in [0.2, 0.25) is 15.9 Å². The molecule has 2 aromatic rings. The SMILES string of the molecule is COC(=O)NC(C(=O)Nc1cccc(F)c1CC[C@H]1CNC[C@H](C)N1S(=O)(=O)C1CC1)[C@@H](c1ccc(Cl)cc1)C1CCOCC1. The van der Waals surface area contributed by atoms with Gasteiger partial charge in [-0.2, -0.15) is 4.31 Å². The number of rotatable bonds is 11. The van der Waals surface area contributed by atoms with Gasteiger partial charge in [-0.05, 0) is 81.2 Å². The van der Waals surface area contributed by atoms with Crippen LogP contribution in [0, 0.1) is 11.7 Å². The van der Waals surface area contributed by atoms with Gasteiger partial charge in [0.25, 0.3) is 0 Å². The molecule has 45 heavy (non-hydrogen) atoms. The van der Waals surface area contributed by atoms with Crippen LogP contribution in [0.4, 0.5) is 14.9 Å². The Kier molecular flexibility index (Phi) is 11.0. The lowest BCUT2D eigenvalue weighted by atomic mass is 9.76. The first kappa shape index (κ1) is 33.6. The molecular weight excluding hydrogens is 623 g/mol. The van der Waals surface area contributed by atoms with Crippen molar-refractivity contribution in [2.45, 2.75) is 74.7 Å². The summed E-state index contributed by atoms with van der Waals surface area (Å²) in [6, 6.07) is 10.0. The summed E-state index contributed by atoms with van der Waals surface area (Å²) in [4.78, 5) is 26.7. The number of piperazine rings is 1. The zero-order chi connectivity index (χ0) is 32.1. The molecule has 2 aromatic carbocycles. The van der Waals surface area contributed by atoms with Crippen molar-refractivity contribution >= 4 is 39.3 Å². The molecule has 4 atom stereocenters. The standard InChI is InChI=1S/C32H42ClFN4O6S/c1-20-18-35-19-24(38(20)45(41,42)25-11-12-25)10-13-26-27(34)4-3-5-28(26)36-31(39)30(37-32(40)43-2)29(22-14-16-44-17-15-22)21-6-8-23(33)9-7-21/h3-9,20,22,24-25,29-30,35H,10-19H2,1-2H3,(H,36,39)(H,37,40)/t20-,24-,29-,30?/m0/s1. The van der Waals surface area contributed by atoms with Crippen molar-refractivity contribution < 1.29 is 31.9 Å². The van der Waals surface area contributed by atoms with Crippen molar-refractivity contribution in [3.63, 3.8) is 0 Å². The fraction of sp³-hybridized carbons (Fsp3) is 0.562. The van der Waals surface area contributed by atoms with Crippen molar-refractivity contribution in [1.29, 1.82) is 0 Å². The Hall–Kier alpha value is -2.77. The Morgan fingerprint density at radius 2 is 1.82 bits per heavy atom. The number of hydrogen-bond donors (Lipinski definition) is 3. The number of ether oxygens (including phenoxy) is 2. The summed E-state index contributed by atoms with van der Waals surface area (Å²) < 4.78 is 54.1. The monoisotopic (exact) mass is 664 g/mol. The summed E-state index contributed by atoms with van der Waals surface area (Å²) >= 11 is 6.17. The van der Waals surface area contributed by atoms with Gasteiger partial charge < -0.3 is 25.4 Å². The second-order valence-electron chi connectivity index (χ2n) is 12.2. The maximum absolute atomic E-state index is 15.4. The number of methoxy groups -OCH3 is 1. The molecule has 0 bridgehead atoms. The summed E-state index contributed by atoms with van der Waals surface area (Å²) in [5, 5.41) is 9.14. The average molecular weight is 665 g/mol. The quantitative estimate of drug-likeness (QED) is 0.324. The van der Waals surface area contributed by atoms with E-state index < -0.39 is 39.8 Å². The number of carbonyl (C=O) groups is 2. The third kappa shape index (κ3) is 7.97. The lowest BCUT2D eigenvalue weighted by Crippen LogP contribution is -2.59. The van der Waals surface area contributed by atoms with E-state index in [1.54, 1.807) is 22.5 Å². The Morgan fingerprint density at radius 3 is 2.49 bits per heavy atom. The Bertz CT molecular complexity index is 1450. The molecule has 1 aliphatic carbocycles. The molecule has 2 aliphatic heterocycles. The number of nitrogens with zero attached hydrogens (tertiary/aromatic N) is 1. The number of halogens is 2. The van der Waals surface area contributed by atoms with Gasteiger partial charge in [0.15, 0.2) is 0 Å². The highest BCUT2D eigenvalue weighted by atomic mass is 35.5. The first-order valence-corrected chi connectivity index (χ1v) is 17.5. The first-order chi connectivity index (χ1) is 21.6. The van der Waals surface area contributed by atoms with E-state index in [0.717, 1.165) is 5.56 Å². The average Bonchev–Trinajstić information content (AvgIpc) is 3.88. The molecular formula is C32H42ClFN4O6S. The fourth-order valence-electron chi connectivity index (χ4n) is 6.68. The molecule has 1 unspecified atom stereocenters. The lowest BCUT2D eigenvalue weighted by molar-refractivity contribution is -0.119. The second-order valence-corrected chi connectivity index (χ2v) is 14.7. The number of benzene rings is 2. The van der Waals surface area contributed by atoms with E-state index in [-0.39, 0.29) is 40.9 Å². The van der Waals surface area contributed by atoms with Crippen molar-refractivity contribution in [3.05, 3.63) is 64.4 Å². The third-order valence-electron chi connectivity index (χ3n) is 9.09. The minimum atomic E-state index is -3.44. The molecule has 0 aromatic heterocycles. The summed E-state index contributed by atoms with van der Waals surface area (Å²) in [5.41, 5.74) is 1.36.